The Balaban J connectivity index is 2.11. The van der Waals surface area contributed by atoms with Crippen LogP contribution in [0.25, 0.3) is 54.1 Å². The number of hydrogen-bond donors (Lipinski definition) is 1. The smallest absolute Gasteiger partial charge is 0.0711 e. The molecule has 6 rings (SSSR count). The van der Waals surface area contributed by atoms with Gasteiger partial charge in [-0.05, 0) is 33.0 Å². The lowest BCUT2D eigenvalue weighted by molar-refractivity contribution is 1.76. The summed E-state index contributed by atoms with van der Waals surface area (Å²) >= 11 is 0. The Morgan fingerprint density at radius 3 is 2.33 bits per heavy atom. The van der Waals surface area contributed by atoms with Crippen molar-refractivity contribution < 1.29 is 0 Å². The predicted molar refractivity (Wildman–Crippen MR) is 90.7 cm³/mol. The number of benzene rings is 5. The molecule has 1 N–H and O–H groups in total. The van der Waals surface area contributed by atoms with Crippen molar-refractivity contribution in [3.05, 3.63) is 60.7 Å². The van der Waals surface area contributed by atoms with Gasteiger partial charge in [-0.1, -0.05) is 54.6 Å². The molecule has 21 heavy (non-hydrogen) atoms. The molecule has 0 amide bonds. The van der Waals surface area contributed by atoms with Crippen molar-refractivity contribution >= 4 is 54.1 Å². The Morgan fingerprint density at radius 2 is 1.33 bits per heavy atom. The second-order valence-corrected chi connectivity index (χ2v) is 5.91. The number of aromatic amines is 1. The van der Waals surface area contributed by atoms with E-state index in [2.05, 4.69) is 65.6 Å². The Bertz CT molecular complexity index is 1270. The number of fused-ring (bicyclic) bond motifs is 5. The molecule has 0 aliphatic rings. The van der Waals surface area contributed by atoms with E-state index in [0.717, 1.165) is 0 Å². The zero-order valence-corrected chi connectivity index (χ0v) is 11.3. The fraction of sp³-hybridized carbons (Fsp3) is 0. The molecule has 1 aromatic heterocycles. The molecule has 0 bridgehead atoms. The quantitative estimate of drug-likeness (QED) is 0.269. The number of nitrogens with one attached hydrogen (secondary N) is 1. The monoisotopic (exact) mass is 265 g/mol. The van der Waals surface area contributed by atoms with Gasteiger partial charge in [0.15, 0.2) is 0 Å². The van der Waals surface area contributed by atoms with Gasteiger partial charge in [-0.15, -0.1) is 0 Å². The van der Waals surface area contributed by atoms with Gasteiger partial charge < -0.3 is 4.98 Å². The summed E-state index contributed by atoms with van der Waals surface area (Å²) in [5.74, 6) is 0. The molecule has 0 unspecified atom stereocenters. The fourth-order valence-corrected chi connectivity index (χ4v) is 3.88. The highest BCUT2D eigenvalue weighted by Gasteiger charge is 2.18. The molecule has 96 valence electrons. The van der Waals surface area contributed by atoms with Crippen LogP contribution in [0.15, 0.2) is 60.7 Å². The first-order chi connectivity index (χ1) is 10.4. The molecule has 0 aliphatic heterocycles. The lowest BCUT2D eigenvalue weighted by atomic mass is 9.91. The largest absolute Gasteiger partial charge is 0.351 e. The first-order valence-corrected chi connectivity index (χ1v) is 7.31. The maximum absolute atomic E-state index is 3.50. The average molecular weight is 265 g/mol. The minimum absolute atomic E-state index is 1.32. The molecular formula is C20H11N. The number of hydrogen-bond acceptors (Lipinski definition) is 0. The summed E-state index contributed by atoms with van der Waals surface area (Å²) in [6.45, 7) is 0. The Morgan fingerprint density at radius 1 is 0.524 bits per heavy atom. The molecule has 5 aromatic carbocycles. The van der Waals surface area contributed by atoms with Crippen molar-refractivity contribution in [1.82, 2.24) is 4.98 Å². The molecule has 6 aromatic rings. The maximum Gasteiger partial charge on any atom is 0.0711 e. The highest BCUT2D eigenvalue weighted by Crippen LogP contribution is 2.44. The van der Waals surface area contributed by atoms with Crippen molar-refractivity contribution in [3.8, 4) is 0 Å². The standard InChI is InChI=1S/C20H11N/c1-2-6-13-12(4-1)10-16-18-14(13)9-8-11-5-3-7-15(17(11)18)19-20(16)21-19/h1-10,21H. The van der Waals surface area contributed by atoms with Crippen molar-refractivity contribution in [3.63, 3.8) is 0 Å². The maximum atomic E-state index is 3.50. The first-order valence-electron chi connectivity index (χ1n) is 7.31. The Kier molecular flexibility index (Phi) is 1.47. The van der Waals surface area contributed by atoms with Crippen LogP contribution < -0.4 is 0 Å². The van der Waals surface area contributed by atoms with Crippen molar-refractivity contribution in [1.29, 1.82) is 0 Å². The van der Waals surface area contributed by atoms with Crippen LogP contribution in [0.3, 0.4) is 0 Å². The van der Waals surface area contributed by atoms with E-state index in [-0.39, 0.29) is 0 Å². The molecule has 0 fully saturated rings. The van der Waals surface area contributed by atoms with E-state index in [1.54, 1.807) is 0 Å². The van der Waals surface area contributed by atoms with Gasteiger partial charge in [0.05, 0.1) is 11.0 Å². The van der Waals surface area contributed by atoms with Gasteiger partial charge in [0.2, 0.25) is 0 Å². The van der Waals surface area contributed by atoms with E-state index in [1.807, 2.05) is 0 Å². The van der Waals surface area contributed by atoms with Crippen LogP contribution in [-0.2, 0) is 0 Å². The van der Waals surface area contributed by atoms with Crippen LogP contribution in [0, 0.1) is 0 Å². The summed E-state index contributed by atoms with van der Waals surface area (Å²) in [6, 6.07) is 22.1. The number of H-pyrrole nitrogens is 1. The minimum atomic E-state index is 1.32. The highest BCUT2D eigenvalue weighted by atomic mass is 14.8. The third-order valence-corrected chi connectivity index (χ3v) is 4.84. The molecule has 0 atom stereocenters. The van der Waals surface area contributed by atoms with Crippen LogP contribution in [0.4, 0.5) is 0 Å². The highest BCUT2D eigenvalue weighted by molar-refractivity contribution is 6.38. The molecule has 1 heteroatoms. The summed E-state index contributed by atoms with van der Waals surface area (Å²) in [5.41, 5.74) is 2.63. The van der Waals surface area contributed by atoms with Crippen LogP contribution in [0.1, 0.15) is 0 Å². The molecule has 0 saturated heterocycles. The van der Waals surface area contributed by atoms with Crippen molar-refractivity contribution in [2.24, 2.45) is 0 Å². The zero-order chi connectivity index (χ0) is 13.6. The lowest BCUT2D eigenvalue weighted by Crippen LogP contribution is -1.84. The fourth-order valence-electron chi connectivity index (χ4n) is 3.88. The van der Waals surface area contributed by atoms with E-state index in [9.17, 15) is 0 Å². The van der Waals surface area contributed by atoms with E-state index >= 15 is 0 Å². The van der Waals surface area contributed by atoms with Gasteiger partial charge in [0.25, 0.3) is 0 Å². The Hall–Kier alpha value is -2.80. The summed E-state index contributed by atoms with van der Waals surface area (Å²) < 4.78 is 0. The summed E-state index contributed by atoms with van der Waals surface area (Å²) in [5, 5.41) is 10.9. The van der Waals surface area contributed by atoms with Crippen molar-refractivity contribution in [2.75, 3.05) is 0 Å². The third kappa shape index (κ3) is 1.06. The molecular weight excluding hydrogens is 254 g/mol. The zero-order valence-electron chi connectivity index (χ0n) is 11.3. The van der Waals surface area contributed by atoms with Gasteiger partial charge in [-0.2, -0.15) is 0 Å². The van der Waals surface area contributed by atoms with Gasteiger partial charge in [-0.3, -0.25) is 0 Å². The molecule has 1 heterocycles. The van der Waals surface area contributed by atoms with Crippen LogP contribution >= 0.6 is 0 Å². The first kappa shape index (κ1) is 10.0. The van der Waals surface area contributed by atoms with E-state index in [4.69, 9.17) is 0 Å². The van der Waals surface area contributed by atoms with Crippen LogP contribution in [-0.4, -0.2) is 4.98 Å². The van der Waals surface area contributed by atoms with Gasteiger partial charge in [0.1, 0.15) is 0 Å². The van der Waals surface area contributed by atoms with E-state index in [1.165, 1.54) is 54.1 Å². The second kappa shape index (κ2) is 3.09. The summed E-state index contributed by atoms with van der Waals surface area (Å²) in [6.07, 6.45) is 0. The molecule has 0 spiro atoms. The molecule has 1 nitrogen and oxygen atoms in total. The molecule has 0 aliphatic carbocycles. The van der Waals surface area contributed by atoms with Crippen LogP contribution in [0.2, 0.25) is 0 Å². The van der Waals surface area contributed by atoms with E-state index < -0.39 is 0 Å². The van der Waals surface area contributed by atoms with E-state index in [0.29, 0.717) is 0 Å². The summed E-state index contributed by atoms with van der Waals surface area (Å²) in [4.78, 5) is 3.50. The normalized spacial score (nSPS) is 12.8. The predicted octanol–water partition coefficient (Wildman–Crippen LogP) is 5.66. The van der Waals surface area contributed by atoms with Crippen LogP contribution in [0.5, 0.6) is 0 Å². The minimum Gasteiger partial charge on any atom is -0.351 e. The SMILES string of the molecule is c1ccc2c(c1)cc1c3[nH]c3c3cccc4ccc2c1c43. The van der Waals surface area contributed by atoms with Gasteiger partial charge in [-0.25, -0.2) is 0 Å². The van der Waals surface area contributed by atoms with Gasteiger partial charge >= 0.3 is 0 Å². The number of rotatable bonds is 0. The van der Waals surface area contributed by atoms with Crippen molar-refractivity contribution in [2.45, 2.75) is 0 Å². The molecule has 0 saturated carbocycles. The lowest BCUT2D eigenvalue weighted by Gasteiger charge is -2.11. The summed E-state index contributed by atoms with van der Waals surface area (Å²) in [7, 11) is 0. The number of aromatic nitrogens is 1. The second-order valence-electron chi connectivity index (χ2n) is 5.91. The third-order valence-electron chi connectivity index (χ3n) is 4.84. The van der Waals surface area contributed by atoms with Gasteiger partial charge in [0, 0.05) is 16.2 Å². The molecule has 0 radical (unpaired) electrons. The average Bonchev–Trinajstić information content (AvgIpc) is 3.34. The Labute approximate surface area is 120 Å². The topological polar surface area (TPSA) is 15.8 Å².